The van der Waals surface area contributed by atoms with Crippen molar-refractivity contribution in [3.63, 3.8) is 0 Å². The fourth-order valence-electron chi connectivity index (χ4n) is 3.42. The summed E-state index contributed by atoms with van der Waals surface area (Å²) < 4.78 is 5.80. The lowest BCUT2D eigenvalue weighted by atomic mass is 10.1. The second kappa shape index (κ2) is 13.3. The minimum atomic E-state index is 0. The standard InChI is InChI=1S/C21H36N4O.HI/c1-4-5-6-7-12-23-21(22)24-13-19-8-10-20(11-9-19)16-25-14-17(2)26-18(3)15-25;/h8-11,17-18H,4-7,12-16H2,1-3H3,(H3,22,23,24);1H. The van der Waals surface area contributed by atoms with Crippen LogP contribution in [0.4, 0.5) is 0 Å². The van der Waals surface area contributed by atoms with E-state index < -0.39 is 0 Å². The molecule has 1 aliphatic rings. The smallest absolute Gasteiger partial charge is 0.188 e. The van der Waals surface area contributed by atoms with E-state index in [1.165, 1.54) is 30.4 Å². The fourth-order valence-corrected chi connectivity index (χ4v) is 3.42. The molecule has 2 atom stereocenters. The third-order valence-corrected chi connectivity index (χ3v) is 4.69. The van der Waals surface area contributed by atoms with Crippen LogP contribution < -0.4 is 11.1 Å². The number of unbranched alkanes of at least 4 members (excludes halogenated alkanes) is 3. The molecule has 2 unspecified atom stereocenters. The van der Waals surface area contributed by atoms with Crippen LogP contribution in [0, 0.1) is 0 Å². The Labute approximate surface area is 182 Å². The molecule has 0 spiro atoms. The van der Waals surface area contributed by atoms with Crippen LogP contribution in [0.5, 0.6) is 0 Å². The van der Waals surface area contributed by atoms with Crippen molar-refractivity contribution in [2.45, 2.75) is 71.8 Å². The summed E-state index contributed by atoms with van der Waals surface area (Å²) in [6.45, 7) is 11.0. The zero-order valence-electron chi connectivity index (χ0n) is 17.1. The van der Waals surface area contributed by atoms with Crippen molar-refractivity contribution < 1.29 is 4.74 Å². The van der Waals surface area contributed by atoms with E-state index in [-0.39, 0.29) is 24.0 Å². The first-order valence-corrected chi connectivity index (χ1v) is 10.1. The van der Waals surface area contributed by atoms with E-state index in [4.69, 9.17) is 10.5 Å². The van der Waals surface area contributed by atoms with Crippen LogP contribution >= 0.6 is 24.0 Å². The van der Waals surface area contributed by atoms with Gasteiger partial charge in [-0.1, -0.05) is 50.5 Å². The molecule has 2 rings (SSSR count). The summed E-state index contributed by atoms with van der Waals surface area (Å²) >= 11 is 0. The van der Waals surface area contributed by atoms with Gasteiger partial charge in [-0.3, -0.25) is 4.90 Å². The van der Waals surface area contributed by atoms with Crippen LogP contribution in [-0.4, -0.2) is 42.7 Å². The highest BCUT2D eigenvalue weighted by Gasteiger charge is 2.21. The first-order valence-electron chi connectivity index (χ1n) is 10.1. The SMILES string of the molecule is CCCCCCNC(N)=NCc1ccc(CN2CC(C)OC(C)C2)cc1.I. The number of benzene rings is 1. The number of ether oxygens (including phenoxy) is 1. The van der Waals surface area contributed by atoms with Crippen molar-refractivity contribution >= 4 is 29.9 Å². The molecule has 6 heteroatoms. The Hall–Kier alpha value is -0.860. The highest BCUT2D eigenvalue weighted by atomic mass is 127. The topological polar surface area (TPSA) is 62.9 Å². The molecule has 0 aliphatic carbocycles. The summed E-state index contributed by atoms with van der Waals surface area (Å²) in [5, 5.41) is 3.19. The molecule has 0 amide bonds. The number of nitrogens with two attached hydrogens (primary N) is 1. The van der Waals surface area contributed by atoms with Crippen molar-refractivity contribution in [3.05, 3.63) is 35.4 Å². The van der Waals surface area contributed by atoms with E-state index in [9.17, 15) is 0 Å². The minimum Gasteiger partial charge on any atom is -0.373 e. The second-order valence-corrected chi connectivity index (χ2v) is 7.46. The molecule has 1 aliphatic heterocycles. The molecular formula is C21H37IN4O. The third kappa shape index (κ3) is 9.76. The van der Waals surface area contributed by atoms with Gasteiger partial charge in [0.15, 0.2) is 5.96 Å². The third-order valence-electron chi connectivity index (χ3n) is 4.69. The maximum absolute atomic E-state index is 5.94. The number of guanidine groups is 1. The van der Waals surface area contributed by atoms with Crippen molar-refractivity contribution in [2.75, 3.05) is 19.6 Å². The molecule has 1 heterocycles. The number of hydrogen-bond donors (Lipinski definition) is 2. The molecule has 1 aromatic carbocycles. The van der Waals surface area contributed by atoms with Crippen molar-refractivity contribution in [1.29, 1.82) is 0 Å². The summed E-state index contributed by atoms with van der Waals surface area (Å²) in [7, 11) is 0. The molecule has 27 heavy (non-hydrogen) atoms. The monoisotopic (exact) mass is 488 g/mol. The summed E-state index contributed by atoms with van der Waals surface area (Å²) in [6.07, 6.45) is 5.56. The lowest BCUT2D eigenvalue weighted by molar-refractivity contribution is -0.0704. The second-order valence-electron chi connectivity index (χ2n) is 7.46. The fraction of sp³-hybridized carbons (Fsp3) is 0.667. The number of rotatable bonds is 9. The molecule has 0 saturated carbocycles. The van der Waals surface area contributed by atoms with Crippen LogP contribution in [0.2, 0.25) is 0 Å². The number of morpholine rings is 1. The average Bonchev–Trinajstić information content (AvgIpc) is 2.60. The zero-order chi connectivity index (χ0) is 18.8. The van der Waals surface area contributed by atoms with E-state index in [2.05, 4.69) is 60.2 Å². The molecule has 3 N–H and O–H groups in total. The molecule has 5 nitrogen and oxygen atoms in total. The van der Waals surface area contributed by atoms with E-state index in [1.54, 1.807) is 0 Å². The molecule has 0 bridgehead atoms. The summed E-state index contributed by atoms with van der Waals surface area (Å²) in [5.41, 5.74) is 8.46. The van der Waals surface area contributed by atoms with Gasteiger partial charge in [-0.25, -0.2) is 4.99 Å². The number of hydrogen-bond acceptors (Lipinski definition) is 3. The maximum Gasteiger partial charge on any atom is 0.188 e. The molecule has 1 saturated heterocycles. The first kappa shape index (κ1) is 24.2. The maximum atomic E-state index is 5.94. The van der Waals surface area contributed by atoms with Gasteiger partial charge in [0.1, 0.15) is 0 Å². The highest BCUT2D eigenvalue weighted by Crippen LogP contribution is 2.15. The Bertz CT molecular complexity index is 540. The molecule has 1 aromatic rings. The van der Waals surface area contributed by atoms with Gasteiger partial charge in [-0.05, 0) is 31.4 Å². The number of aliphatic imine (C=N–C) groups is 1. The van der Waals surface area contributed by atoms with Gasteiger partial charge in [0, 0.05) is 26.2 Å². The number of nitrogens with zero attached hydrogens (tertiary/aromatic N) is 2. The van der Waals surface area contributed by atoms with Crippen LogP contribution in [0.15, 0.2) is 29.3 Å². The Balaban J connectivity index is 0.00000364. The average molecular weight is 488 g/mol. The van der Waals surface area contributed by atoms with Crippen molar-refractivity contribution in [2.24, 2.45) is 10.7 Å². The number of nitrogens with one attached hydrogen (secondary N) is 1. The number of halogens is 1. The molecule has 0 aromatic heterocycles. The molecule has 0 radical (unpaired) electrons. The minimum absolute atomic E-state index is 0. The Morgan fingerprint density at radius 1 is 1.11 bits per heavy atom. The highest BCUT2D eigenvalue weighted by molar-refractivity contribution is 14.0. The van der Waals surface area contributed by atoms with E-state index in [1.807, 2.05) is 0 Å². The van der Waals surface area contributed by atoms with Gasteiger partial charge in [-0.2, -0.15) is 0 Å². The van der Waals surface area contributed by atoms with Gasteiger partial charge in [-0.15, -0.1) is 24.0 Å². The Morgan fingerprint density at radius 3 is 2.37 bits per heavy atom. The normalized spacial score (nSPS) is 20.9. The predicted molar refractivity (Wildman–Crippen MR) is 125 cm³/mol. The van der Waals surface area contributed by atoms with Gasteiger partial charge in [0.2, 0.25) is 0 Å². The lowest BCUT2D eigenvalue weighted by Gasteiger charge is -2.35. The lowest BCUT2D eigenvalue weighted by Crippen LogP contribution is -2.44. The Kier molecular flexibility index (Phi) is 11.9. The van der Waals surface area contributed by atoms with Crippen LogP contribution in [-0.2, 0) is 17.8 Å². The quantitative estimate of drug-likeness (QED) is 0.240. The summed E-state index contributed by atoms with van der Waals surface area (Å²) in [4.78, 5) is 6.90. The molecule has 1 fully saturated rings. The van der Waals surface area contributed by atoms with Gasteiger partial charge in [0.05, 0.1) is 18.8 Å². The Morgan fingerprint density at radius 2 is 1.74 bits per heavy atom. The van der Waals surface area contributed by atoms with Crippen LogP contribution in [0.3, 0.4) is 0 Å². The largest absolute Gasteiger partial charge is 0.373 e. The predicted octanol–water partition coefficient (Wildman–Crippen LogP) is 3.90. The van der Waals surface area contributed by atoms with Crippen LogP contribution in [0.1, 0.15) is 57.6 Å². The van der Waals surface area contributed by atoms with Crippen LogP contribution in [0.25, 0.3) is 0 Å². The van der Waals surface area contributed by atoms with Crippen molar-refractivity contribution in [1.82, 2.24) is 10.2 Å². The van der Waals surface area contributed by atoms with Gasteiger partial charge in [0.25, 0.3) is 0 Å². The van der Waals surface area contributed by atoms with Gasteiger partial charge < -0.3 is 15.8 Å². The van der Waals surface area contributed by atoms with E-state index in [0.717, 1.165) is 32.6 Å². The molecular weight excluding hydrogens is 451 g/mol. The van der Waals surface area contributed by atoms with Gasteiger partial charge >= 0.3 is 0 Å². The van der Waals surface area contributed by atoms with E-state index in [0.29, 0.717) is 24.7 Å². The van der Waals surface area contributed by atoms with E-state index >= 15 is 0 Å². The first-order chi connectivity index (χ1) is 12.6. The summed E-state index contributed by atoms with van der Waals surface area (Å²) in [5.74, 6) is 0.543. The van der Waals surface area contributed by atoms with Crippen molar-refractivity contribution in [3.8, 4) is 0 Å². The molecule has 154 valence electrons. The zero-order valence-corrected chi connectivity index (χ0v) is 19.4. The summed E-state index contributed by atoms with van der Waals surface area (Å²) in [6, 6.07) is 8.70.